The summed E-state index contributed by atoms with van der Waals surface area (Å²) < 4.78 is 5.84. The zero-order chi connectivity index (χ0) is 16.1. The third-order valence-electron chi connectivity index (χ3n) is 4.89. The first-order valence-corrected chi connectivity index (χ1v) is 8.64. The summed E-state index contributed by atoms with van der Waals surface area (Å²) in [4.78, 5) is 16.7. The van der Waals surface area contributed by atoms with E-state index in [9.17, 15) is 4.79 Å². The molecule has 2 aliphatic heterocycles. The molecule has 0 amide bonds. The van der Waals surface area contributed by atoms with Crippen molar-refractivity contribution < 1.29 is 9.53 Å². The molecule has 1 aromatic carbocycles. The van der Waals surface area contributed by atoms with Gasteiger partial charge in [0.05, 0.1) is 5.56 Å². The lowest BCUT2D eigenvalue weighted by atomic mass is 10.1. The first-order chi connectivity index (χ1) is 11.2. The molecule has 0 spiro atoms. The van der Waals surface area contributed by atoms with Crippen molar-refractivity contribution in [3.63, 3.8) is 0 Å². The van der Waals surface area contributed by atoms with Crippen LogP contribution in [0, 0.1) is 0 Å². The maximum absolute atomic E-state index is 11.6. The van der Waals surface area contributed by atoms with E-state index in [2.05, 4.69) is 15.1 Å². The van der Waals surface area contributed by atoms with Gasteiger partial charge in [-0.05, 0) is 32.0 Å². The number of hydrogen-bond acceptors (Lipinski definition) is 5. The summed E-state index contributed by atoms with van der Waals surface area (Å²) >= 11 is 0. The number of benzene rings is 1. The summed E-state index contributed by atoms with van der Waals surface area (Å²) in [5.74, 6) is 0.759. The van der Waals surface area contributed by atoms with Crippen molar-refractivity contribution >= 4 is 5.78 Å². The average molecular weight is 317 g/mol. The number of carbonyl (C=O) groups excluding carboxylic acids is 1. The molecular formula is C18H27N3O2. The largest absolute Gasteiger partial charge is 0.491 e. The van der Waals surface area contributed by atoms with E-state index in [1.54, 1.807) is 6.92 Å². The second-order valence-electron chi connectivity index (χ2n) is 6.43. The van der Waals surface area contributed by atoms with E-state index in [4.69, 9.17) is 4.74 Å². The Balaban J connectivity index is 1.41. The first kappa shape index (κ1) is 16.4. The number of hydrogen-bond donors (Lipinski definition) is 1. The van der Waals surface area contributed by atoms with Crippen LogP contribution < -0.4 is 10.1 Å². The van der Waals surface area contributed by atoms with Crippen molar-refractivity contribution in [2.24, 2.45) is 0 Å². The molecule has 23 heavy (non-hydrogen) atoms. The second kappa shape index (κ2) is 7.90. The van der Waals surface area contributed by atoms with Crippen LogP contribution in [0.3, 0.4) is 0 Å². The zero-order valence-corrected chi connectivity index (χ0v) is 14.0. The van der Waals surface area contributed by atoms with Crippen molar-refractivity contribution in [2.75, 3.05) is 52.4 Å². The van der Waals surface area contributed by atoms with Gasteiger partial charge in [0, 0.05) is 45.3 Å². The van der Waals surface area contributed by atoms with Crippen LogP contribution in [0.15, 0.2) is 24.3 Å². The van der Waals surface area contributed by atoms with Crippen molar-refractivity contribution in [1.29, 1.82) is 0 Å². The van der Waals surface area contributed by atoms with Crippen LogP contribution in [0.2, 0.25) is 0 Å². The quantitative estimate of drug-likeness (QED) is 0.800. The number of Topliss-reactive ketones (excluding diaryl/α,β-unsaturated/α-hetero) is 1. The fourth-order valence-corrected chi connectivity index (χ4v) is 3.47. The van der Waals surface area contributed by atoms with E-state index >= 15 is 0 Å². The molecule has 2 saturated heterocycles. The van der Waals surface area contributed by atoms with Crippen molar-refractivity contribution in [3.8, 4) is 5.75 Å². The summed E-state index contributed by atoms with van der Waals surface area (Å²) in [6, 6.07) is 8.22. The van der Waals surface area contributed by atoms with Crippen LogP contribution in [0.5, 0.6) is 5.75 Å². The SMILES string of the molecule is CC(=O)c1ccccc1OCCN1CCN(C2CCNC2)CC1. The van der Waals surface area contributed by atoms with Gasteiger partial charge in [0.1, 0.15) is 12.4 Å². The third-order valence-corrected chi connectivity index (χ3v) is 4.89. The van der Waals surface area contributed by atoms with Crippen LogP contribution in [0.1, 0.15) is 23.7 Å². The Hall–Kier alpha value is -1.43. The third kappa shape index (κ3) is 4.31. The Morgan fingerprint density at radius 1 is 1.26 bits per heavy atom. The lowest BCUT2D eigenvalue weighted by Gasteiger charge is -2.37. The van der Waals surface area contributed by atoms with Gasteiger partial charge in [-0.15, -0.1) is 0 Å². The highest BCUT2D eigenvalue weighted by Crippen LogP contribution is 2.18. The Morgan fingerprint density at radius 2 is 2.04 bits per heavy atom. The van der Waals surface area contributed by atoms with Crippen LogP contribution in [-0.2, 0) is 0 Å². The molecule has 0 saturated carbocycles. The number of nitrogens with zero attached hydrogens (tertiary/aromatic N) is 2. The summed E-state index contributed by atoms with van der Waals surface area (Å²) in [6.45, 7) is 9.95. The summed E-state index contributed by atoms with van der Waals surface area (Å²) in [5, 5.41) is 3.44. The van der Waals surface area contributed by atoms with E-state index in [1.165, 1.54) is 6.42 Å². The topological polar surface area (TPSA) is 44.8 Å². The van der Waals surface area contributed by atoms with Crippen molar-refractivity contribution in [1.82, 2.24) is 15.1 Å². The molecule has 1 aromatic rings. The van der Waals surface area contributed by atoms with Gasteiger partial charge in [0.25, 0.3) is 0 Å². The molecule has 1 N–H and O–H groups in total. The minimum atomic E-state index is 0.0550. The highest BCUT2D eigenvalue weighted by atomic mass is 16.5. The van der Waals surface area contributed by atoms with Gasteiger partial charge in [-0.25, -0.2) is 0 Å². The van der Waals surface area contributed by atoms with Crippen LogP contribution in [0.25, 0.3) is 0 Å². The molecule has 126 valence electrons. The van der Waals surface area contributed by atoms with Gasteiger partial charge in [0.15, 0.2) is 5.78 Å². The Bertz CT molecular complexity index is 521. The molecule has 5 nitrogen and oxygen atoms in total. The maximum Gasteiger partial charge on any atom is 0.163 e. The van der Waals surface area contributed by atoms with Crippen molar-refractivity contribution in [3.05, 3.63) is 29.8 Å². The van der Waals surface area contributed by atoms with Crippen LogP contribution in [-0.4, -0.2) is 74.0 Å². The van der Waals surface area contributed by atoms with E-state index in [1.807, 2.05) is 24.3 Å². The Morgan fingerprint density at radius 3 is 2.74 bits per heavy atom. The standard InChI is InChI=1S/C18H27N3O2/c1-15(22)17-4-2-3-5-18(17)23-13-12-20-8-10-21(11-9-20)16-6-7-19-14-16/h2-5,16,19H,6-14H2,1H3. The van der Waals surface area contributed by atoms with E-state index in [0.29, 0.717) is 17.9 Å². The number of para-hydroxylation sites is 1. The molecule has 2 aliphatic rings. The van der Waals surface area contributed by atoms with Gasteiger partial charge in [-0.2, -0.15) is 0 Å². The summed E-state index contributed by atoms with van der Waals surface area (Å²) in [6.07, 6.45) is 1.28. The fraction of sp³-hybridized carbons (Fsp3) is 0.611. The molecule has 1 atom stereocenters. The minimum Gasteiger partial charge on any atom is -0.491 e. The molecule has 5 heteroatoms. The van der Waals surface area contributed by atoms with Gasteiger partial charge < -0.3 is 10.1 Å². The molecule has 2 heterocycles. The smallest absolute Gasteiger partial charge is 0.163 e. The first-order valence-electron chi connectivity index (χ1n) is 8.64. The van der Waals surface area contributed by atoms with E-state index in [0.717, 1.165) is 51.9 Å². The predicted octanol–water partition coefficient (Wildman–Crippen LogP) is 1.25. The van der Waals surface area contributed by atoms with Crippen molar-refractivity contribution in [2.45, 2.75) is 19.4 Å². The van der Waals surface area contributed by atoms with Gasteiger partial charge in [-0.3, -0.25) is 14.6 Å². The maximum atomic E-state index is 11.6. The number of carbonyl (C=O) groups is 1. The van der Waals surface area contributed by atoms with Gasteiger partial charge in [-0.1, -0.05) is 12.1 Å². The zero-order valence-electron chi connectivity index (χ0n) is 14.0. The summed E-state index contributed by atoms with van der Waals surface area (Å²) in [5.41, 5.74) is 0.672. The Labute approximate surface area is 138 Å². The number of piperazine rings is 1. The van der Waals surface area contributed by atoms with E-state index < -0.39 is 0 Å². The average Bonchev–Trinajstić information content (AvgIpc) is 3.10. The molecule has 1 unspecified atom stereocenters. The molecule has 0 aliphatic carbocycles. The molecule has 0 radical (unpaired) electrons. The monoisotopic (exact) mass is 317 g/mol. The van der Waals surface area contributed by atoms with Gasteiger partial charge >= 0.3 is 0 Å². The number of ether oxygens (including phenoxy) is 1. The molecule has 0 bridgehead atoms. The second-order valence-corrected chi connectivity index (χ2v) is 6.43. The number of ketones is 1. The molecule has 3 rings (SSSR count). The predicted molar refractivity (Wildman–Crippen MR) is 91.2 cm³/mol. The highest BCUT2D eigenvalue weighted by molar-refractivity contribution is 5.96. The normalized spacial score (nSPS) is 23.1. The summed E-state index contributed by atoms with van der Waals surface area (Å²) in [7, 11) is 0. The molecular weight excluding hydrogens is 290 g/mol. The van der Waals surface area contributed by atoms with Crippen LogP contribution in [0.4, 0.5) is 0 Å². The van der Waals surface area contributed by atoms with Crippen LogP contribution >= 0.6 is 0 Å². The molecule has 2 fully saturated rings. The Kier molecular flexibility index (Phi) is 5.65. The highest BCUT2D eigenvalue weighted by Gasteiger charge is 2.25. The number of rotatable bonds is 6. The number of nitrogens with one attached hydrogen (secondary N) is 1. The van der Waals surface area contributed by atoms with Gasteiger partial charge in [0.2, 0.25) is 0 Å². The lowest BCUT2D eigenvalue weighted by Crippen LogP contribution is -2.51. The van der Waals surface area contributed by atoms with E-state index in [-0.39, 0.29) is 5.78 Å². The fourth-order valence-electron chi connectivity index (χ4n) is 3.47. The molecule has 0 aromatic heterocycles. The minimum absolute atomic E-state index is 0.0550. The lowest BCUT2D eigenvalue weighted by molar-refractivity contribution is 0.0914.